The first-order chi connectivity index (χ1) is 9.63. The lowest BCUT2D eigenvalue weighted by atomic mass is 10.0. The number of amides is 1. The van der Waals surface area contributed by atoms with Gasteiger partial charge in [-0.15, -0.1) is 0 Å². The molecular formula is C15H29N3O2. The molecule has 3 N–H and O–H groups in total. The lowest BCUT2D eigenvalue weighted by Gasteiger charge is -2.35. The number of nitrogens with zero attached hydrogens (tertiary/aromatic N) is 1. The summed E-state index contributed by atoms with van der Waals surface area (Å²) in [5, 5.41) is 15.8. The second kappa shape index (κ2) is 7.38. The Hall–Kier alpha value is -0.650. The van der Waals surface area contributed by atoms with Crippen molar-refractivity contribution in [1.29, 1.82) is 0 Å². The second-order valence-corrected chi connectivity index (χ2v) is 6.42. The van der Waals surface area contributed by atoms with Crippen LogP contribution in [0.4, 0.5) is 0 Å². The summed E-state index contributed by atoms with van der Waals surface area (Å²) >= 11 is 0. The quantitative estimate of drug-likeness (QED) is 0.681. The molecule has 1 amide bonds. The summed E-state index contributed by atoms with van der Waals surface area (Å²) in [6.07, 6.45) is 4.33. The van der Waals surface area contributed by atoms with Crippen LogP contribution in [-0.2, 0) is 4.79 Å². The van der Waals surface area contributed by atoms with E-state index in [2.05, 4.69) is 15.5 Å². The molecule has 0 aromatic carbocycles. The van der Waals surface area contributed by atoms with E-state index in [0.717, 1.165) is 45.3 Å². The fourth-order valence-corrected chi connectivity index (χ4v) is 3.35. The van der Waals surface area contributed by atoms with Crippen molar-refractivity contribution in [3.8, 4) is 0 Å². The highest BCUT2D eigenvalue weighted by molar-refractivity contribution is 5.82. The molecule has 0 aromatic rings. The van der Waals surface area contributed by atoms with Crippen molar-refractivity contribution in [2.45, 2.75) is 57.7 Å². The lowest BCUT2D eigenvalue weighted by molar-refractivity contribution is -0.127. The van der Waals surface area contributed by atoms with E-state index in [4.69, 9.17) is 0 Å². The third kappa shape index (κ3) is 3.71. The first kappa shape index (κ1) is 15.7. The van der Waals surface area contributed by atoms with Gasteiger partial charge in [0, 0.05) is 6.04 Å². The van der Waals surface area contributed by atoms with Gasteiger partial charge in [-0.1, -0.05) is 13.8 Å². The van der Waals surface area contributed by atoms with Crippen LogP contribution in [0.2, 0.25) is 0 Å². The van der Waals surface area contributed by atoms with Gasteiger partial charge in [-0.3, -0.25) is 9.69 Å². The van der Waals surface area contributed by atoms with Crippen LogP contribution in [0.3, 0.4) is 0 Å². The molecule has 5 nitrogen and oxygen atoms in total. The number of hydrogen-bond acceptors (Lipinski definition) is 4. The summed E-state index contributed by atoms with van der Waals surface area (Å²) in [5.41, 5.74) is 0. The molecule has 2 fully saturated rings. The number of carbonyl (C=O) groups excluding carboxylic acids is 1. The van der Waals surface area contributed by atoms with E-state index in [1.807, 2.05) is 13.8 Å². The van der Waals surface area contributed by atoms with Gasteiger partial charge in [0.25, 0.3) is 0 Å². The fourth-order valence-electron chi connectivity index (χ4n) is 3.35. The molecule has 20 heavy (non-hydrogen) atoms. The monoisotopic (exact) mass is 283 g/mol. The minimum absolute atomic E-state index is 0.00546. The van der Waals surface area contributed by atoms with Gasteiger partial charge in [0.1, 0.15) is 0 Å². The maximum Gasteiger partial charge on any atom is 0.237 e. The van der Waals surface area contributed by atoms with Crippen molar-refractivity contribution in [2.75, 3.05) is 26.2 Å². The van der Waals surface area contributed by atoms with Crippen molar-refractivity contribution >= 4 is 5.91 Å². The minimum Gasteiger partial charge on any atom is -0.394 e. The number of hydrogen-bond donors (Lipinski definition) is 3. The number of nitrogens with one attached hydrogen (secondary N) is 2. The van der Waals surface area contributed by atoms with Crippen LogP contribution in [0.1, 0.15) is 39.5 Å². The number of aliphatic hydroxyl groups is 1. The number of aliphatic hydroxyl groups excluding tert-OH is 1. The Morgan fingerprint density at radius 1 is 1.35 bits per heavy atom. The molecule has 0 saturated carbocycles. The molecule has 2 heterocycles. The van der Waals surface area contributed by atoms with Gasteiger partial charge in [-0.2, -0.15) is 0 Å². The van der Waals surface area contributed by atoms with Crippen molar-refractivity contribution < 1.29 is 9.90 Å². The molecule has 2 saturated heterocycles. The number of likely N-dealkylation sites (tertiary alicyclic amines) is 1. The van der Waals surface area contributed by atoms with Gasteiger partial charge in [0.2, 0.25) is 5.91 Å². The number of carbonyl (C=O) groups is 1. The van der Waals surface area contributed by atoms with E-state index in [1.54, 1.807) is 0 Å². The molecule has 5 heteroatoms. The highest BCUT2D eigenvalue weighted by Gasteiger charge is 2.36. The summed E-state index contributed by atoms with van der Waals surface area (Å²) in [7, 11) is 0. The molecule has 0 radical (unpaired) electrons. The Kier molecular flexibility index (Phi) is 5.81. The Bertz CT molecular complexity index is 316. The normalized spacial score (nSPS) is 26.9. The van der Waals surface area contributed by atoms with Crippen LogP contribution in [0, 0.1) is 5.92 Å². The molecule has 2 aliphatic heterocycles. The summed E-state index contributed by atoms with van der Waals surface area (Å²) in [4.78, 5) is 14.9. The van der Waals surface area contributed by atoms with E-state index in [-0.39, 0.29) is 30.5 Å². The SMILES string of the molecule is CC(C)[C@@H](CO)NC(=O)C1CCCN1C1CCNCC1. The molecule has 2 atom stereocenters. The van der Waals surface area contributed by atoms with Crippen LogP contribution >= 0.6 is 0 Å². The van der Waals surface area contributed by atoms with Crippen molar-refractivity contribution in [1.82, 2.24) is 15.5 Å². The molecule has 0 spiro atoms. The zero-order chi connectivity index (χ0) is 14.5. The van der Waals surface area contributed by atoms with E-state index in [0.29, 0.717) is 6.04 Å². The summed E-state index contributed by atoms with van der Waals surface area (Å²) in [6, 6.07) is 0.421. The largest absolute Gasteiger partial charge is 0.394 e. The van der Waals surface area contributed by atoms with Crippen LogP contribution in [0.15, 0.2) is 0 Å². The van der Waals surface area contributed by atoms with Gasteiger partial charge in [-0.25, -0.2) is 0 Å². The average molecular weight is 283 g/mol. The topological polar surface area (TPSA) is 64.6 Å². The standard InChI is InChI=1S/C15H29N3O2/c1-11(2)13(10-19)17-15(20)14-4-3-9-18(14)12-5-7-16-8-6-12/h11-14,16,19H,3-10H2,1-2H3,(H,17,20)/t13-,14?/m1/s1. The third-order valence-corrected chi connectivity index (χ3v) is 4.70. The molecule has 0 aliphatic carbocycles. The Morgan fingerprint density at radius 3 is 2.65 bits per heavy atom. The van der Waals surface area contributed by atoms with Gasteiger partial charge in [-0.05, 0) is 51.2 Å². The van der Waals surface area contributed by atoms with Crippen LogP contribution < -0.4 is 10.6 Å². The number of piperidine rings is 1. The van der Waals surface area contributed by atoms with Crippen molar-refractivity contribution in [2.24, 2.45) is 5.92 Å². The van der Waals surface area contributed by atoms with Crippen LogP contribution in [0.5, 0.6) is 0 Å². The summed E-state index contributed by atoms with van der Waals surface area (Å²) in [6.45, 7) is 7.22. The molecular weight excluding hydrogens is 254 g/mol. The predicted molar refractivity (Wildman–Crippen MR) is 79.5 cm³/mol. The lowest BCUT2D eigenvalue weighted by Crippen LogP contribution is -2.53. The molecule has 1 unspecified atom stereocenters. The fraction of sp³-hybridized carbons (Fsp3) is 0.933. The van der Waals surface area contributed by atoms with E-state index in [1.165, 1.54) is 0 Å². The first-order valence-electron chi connectivity index (χ1n) is 8.01. The summed E-state index contributed by atoms with van der Waals surface area (Å²) < 4.78 is 0. The Balaban J connectivity index is 1.93. The maximum atomic E-state index is 12.5. The molecule has 2 aliphatic rings. The highest BCUT2D eigenvalue weighted by Crippen LogP contribution is 2.24. The van der Waals surface area contributed by atoms with Gasteiger partial charge in [0.15, 0.2) is 0 Å². The Labute approximate surface area is 122 Å². The zero-order valence-corrected chi connectivity index (χ0v) is 12.8. The van der Waals surface area contributed by atoms with E-state index < -0.39 is 0 Å². The van der Waals surface area contributed by atoms with Gasteiger partial charge < -0.3 is 15.7 Å². The first-order valence-corrected chi connectivity index (χ1v) is 8.01. The summed E-state index contributed by atoms with van der Waals surface area (Å²) in [5.74, 6) is 0.367. The second-order valence-electron chi connectivity index (χ2n) is 6.42. The van der Waals surface area contributed by atoms with E-state index in [9.17, 15) is 9.90 Å². The van der Waals surface area contributed by atoms with Crippen LogP contribution in [0.25, 0.3) is 0 Å². The third-order valence-electron chi connectivity index (χ3n) is 4.70. The minimum atomic E-state index is -0.127. The van der Waals surface area contributed by atoms with Crippen LogP contribution in [-0.4, -0.2) is 60.3 Å². The zero-order valence-electron chi connectivity index (χ0n) is 12.8. The smallest absolute Gasteiger partial charge is 0.237 e. The van der Waals surface area contributed by atoms with Crippen molar-refractivity contribution in [3.05, 3.63) is 0 Å². The highest BCUT2D eigenvalue weighted by atomic mass is 16.3. The molecule has 0 aromatic heterocycles. The predicted octanol–water partition coefficient (Wildman–Crippen LogP) is 0.336. The number of rotatable bonds is 5. The average Bonchev–Trinajstić information content (AvgIpc) is 2.94. The molecule has 2 rings (SSSR count). The van der Waals surface area contributed by atoms with Gasteiger partial charge in [0.05, 0.1) is 18.7 Å². The maximum absolute atomic E-state index is 12.5. The van der Waals surface area contributed by atoms with Gasteiger partial charge >= 0.3 is 0 Å². The van der Waals surface area contributed by atoms with E-state index >= 15 is 0 Å². The Morgan fingerprint density at radius 2 is 2.05 bits per heavy atom. The molecule has 116 valence electrons. The van der Waals surface area contributed by atoms with Crippen molar-refractivity contribution in [3.63, 3.8) is 0 Å². The molecule has 0 bridgehead atoms.